The minimum atomic E-state index is -4.88. The molecule has 0 aromatic heterocycles. The molecular formula is C29H30BrClF3N3O4S. The van der Waals surface area contributed by atoms with Gasteiger partial charge in [0, 0.05) is 17.6 Å². The topological polar surface area (TPSA) is 86.8 Å². The second-order valence-electron chi connectivity index (χ2n) is 9.60. The molecule has 0 saturated carbocycles. The van der Waals surface area contributed by atoms with E-state index >= 15 is 0 Å². The van der Waals surface area contributed by atoms with Gasteiger partial charge in [0.15, 0.2) is 0 Å². The highest BCUT2D eigenvalue weighted by atomic mass is 79.9. The van der Waals surface area contributed by atoms with Crippen molar-refractivity contribution in [2.24, 2.45) is 0 Å². The van der Waals surface area contributed by atoms with Gasteiger partial charge in [0.05, 0.1) is 21.2 Å². The van der Waals surface area contributed by atoms with Crippen LogP contribution in [0.4, 0.5) is 18.9 Å². The Morgan fingerprint density at radius 2 is 1.64 bits per heavy atom. The Balaban J connectivity index is 2.11. The third-order valence-electron chi connectivity index (χ3n) is 6.41. The van der Waals surface area contributed by atoms with E-state index in [-0.39, 0.29) is 11.4 Å². The molecule has 0 aliphatic rings. The highest BCUT2D eigenvalue weighted by Gasteiger charge is 2.37. The Kier molecular flexibility index (Phi) is 11.1. The van der Waals surface area contributed by atoms with Gasteiger partial charge in [-0.25, -0.2) is 8.42 Å². The van der Waals surface area contributed by atoms with Gasteiger partial charge in [0.2, 0.25) is 11.8 Å². The van der Waals surface area contributed by atoms with E-state index in [2.05, 4.69) is 21.2 Å². The van der Waals surface area contributed by atoms with Crippen LogP contribution in [0.25, 0.3) is 0 Å². The first-order valence-electron chi connectivity index (χ1n) is 12.9. The van der Waals surface area contributed by atoms with Crippen LogP contribution in [0.1, 0.15) is 37.0 Å². The molecule has 3 aromatic rings. The maximum Gasteiger partial charge on any atom is 0.417 e. The van der Waals surface area contributed by atoms with Crippen molar-refractivity contribution in [1.29, 1.82) is 0 Å². The lowest BCUT2D eigenvalue weighted by molar-refractivity contribution is -0.139. The van der Waals surface area contributed by atoms with Gasteiger partial charge in [-0.2, -0.15) is 13.2 Å². The molecule has 0 fully saturated rings. The van der Waals surface area contributed by atoms with Crippen LogP contribution in [-0.4, -0.2) is 44.3 Å². The Labute approximate surface area is 256 Å². The minimum absolute atomic E-state index is 0.0559. The number of benzene rings is 3. The summed E-state index contributed by atoms with van der Waals surface area (Å²) in [6.07, 6.45) is -4.23. The van der Waals surface area contributed by atoms with Crippen LogP contribution in [-0.2, 0) is 32.3 Å². The van der Waals surface area contributed by atoms with E-state index in [1.54, 1.807) is 31.2 Å². The molecule has 2 amide bonds. The third-order valence-corrected chi connectivity index (χ3v) is 9.06. The number of anilines is 1. The van der Waals surface area contributed by atoms with Crippen LogP contribution >= 0.6 is 27.5 Å². The number of rotatable bonds is 11. The molecule has 1 atom stereocenters. The molecule has 0 spiro atoms. The lowest BCUT2D eigenvalue weighted by Crippen LogP contribution is -2.51. The van der Waals surface area contributed by atoms with E-state index in [1.807, 2.05) is 6.92 Å². The van der Waals surface area contributed by atoms with Crippen LogP contribution in [0.3, 0.4) is 0 Å². The highest BCUT2D eigenvalue weighted by molar-refractivity contribution is 9.10. The third kappa shape index (κ3) is 8.26. The fraction of sp³-hybridized carbons (Fsp3) is 0.310. The number of alkyl halides is 3. The number of nitrogens with one attached hydrogen (secondary N) is 1. The van der Waals surface area contributed by atoms with Gasteiger partial charge >= 0.3 is 6.18 Å². The molecule has 0 radical (unpaired) electrons. The van der Waals surface area contributed by atoms with Crippen molar-refractivity contribution in [3.63, 3.8) is 0 Å². The van der Waals surface area contributed by atoms with Crippen LogP contribution in [0.2, 0.25) is 5.02 Å². The van der Waals surface area contributed by atoms with Crippen LogP contribution < -0.4 is 9.62 Å². The van der Waals surface area contributed by atoms with Gasteiger partial charge in [0.1, 0.15) is 12.6 Å². The van der Waals surface area contributed by atoms with Crippen molar-refractivity contribution >= 4 is 55.1 Å². The monoisotopic (exact) mass is 687 g/mol. The summed E-state index contributed by atoms with van der Waals surface area (Å²) in [5.74, 6) is -1.25. The Hall–Kier alpha value is -3.09. The lowest BCUT2D eigenvalue weighted by Gasteiger charge is -2.32. The van der Waals surface area contributed by atoms with Crippen molar-refractivity contribution in [2.75, 3.05) is 17.4 Å². The predicted octanol–water partition coefficient (Wildman–Crippen LogP) is 6.57. The zero-order valence-electron chi connectivity index (χ0n) is 23.1. The zero-order chi connectivity index (χ0) is 31.2. The second-order valence-corrected chi connectivity index (χ2v) is 12.8. The van der Waals surface area contributed by atoms with Crippen molar-refractivity contribution in [1.82, 2.24) is 10.2 Å². The Morgan fingerprint density at radius 1 is 1.02 bits per heavy atom. The summed E-state index contributed by atoms with van der Waals surface area (Å²) < 4.78 is 70.3. The summed E-state index contributed by atoms with van der Waals surface area (Å²) in [4.78, 5) is 27.8. The Morgan fingerprint density at radius 3 is 2.21 bits per heavy atom. The first kappa shape index (κ1) is 33.4. The summed E-state index contributed by atoms with van der Waals surface area (Å²) in [7, 11) is -4.54. The van der Waals surface area contributed by atoms with Gasteiger partial charge in [-0.3, -0.25) is 13.9 Å². The average Bonchev–Trinajstić information content (AvgIpc) is 2.93. The molecule has 1 N–H and O–H groups in total. The molecule has 0 heterocycles. The van der Waals surface area contributed by atoms with Crippen molar-refractivity contribution in [2.45, 2.75) is 50.9 Å². The van der Waals surface area contributed by atoms with Crippen LogP contribution in [0.15, 0.2) is 76.1 Å². The molecule has 3 rings (SSSR count). The maximum absolute atomic E-state index is 13.9. The maximum atomic E-state index is 13.9. The van der Waals surface area contributed by atoms with Crippen molar-refractivity contribution in [3.8, 4) is 0 Å². The van der Waals surface area contributed by atoms with E-state index in [0.717, 1.165) is 22.2 Å². The fourth-order valence-electron chi connectivity index (χ4n) is 4.02. The number of nitrogens with zero attached hydrogens (tertiary/aromatic N) is 2. The largest absolute Gasteiger partial charge is 0.417 e. The molecule has 226 valence electrons. The number of carbonyl (C=O) groups is 2. The summed E-state index contributed by atoms with van der Waals surface area (Å²) in [6.45, 7) is 4.55. The molecule has 0 bridgehead atoms. The lowest BCUT2D eigenvalue weighted by atomic mass is 10.1. The summed E-state index contributed by atoms with van der Waals surface area (Å²) in [6, 6.07) is 14.3. The summed E-state index contributed by atoms with van der Waals surface area (Å²) >= 11 is 9.14. The van der Waals surface area contributed by atoms with Gasteiger partial charge in [-0.15, -0.1) is 0 Å². The van der Waals surface area contributed by atoms with Crippen molar-refractivity contribution < 1.29 is 31.2 Å². The van der Waals surface area contributed by atoms with Gasteiger partial charge in [-0.05, 0) is 68.3 Å². The zero-order valence-corrected chi connectivity index (χ0v) is 26.2. The standard InChI is InChI=1S/C29H30BrClF3N3O4S/c1-4-15-35-28(39)20(3)36(17-21-7-9-22(30)10-8-21)27(38)18-37(42(40,41)24-12-5-19(2)6-13-24)23-11-14-26(31)25(16-23)29(32,33)34/h5-14,16,20H,4,15,17-18H2,1-3H3,(H,35,39). The van der Waals surface area contributed by atoms with Gasteiger partial charge in [-0.1, -0.05) is 64.3 Å². The number of hydrogen-bond donors (Lipinski definition) is 1. The first-order valence-corrected chi connectivity index (χ1v) is 15.5. The molecule has 1 unspecified atom stereocenters. The molecular weight excluding hydrogens is 659 g/mol. The van der Waals surface area contributed by atoms with E-state index in [9.17, 15) is 31.2 Å². The second kappa shape index (κ2) is 13.9. The molecule has 0 aliphatic carbocycles. The van der Waals surface area contributed by atoms with Crippen LogP contribution in [0, 0.1) is 6.92 Å². The van der Waals surface area contributed by atoms with Gasteiger partial charge in [0.25, 0.3) is 10.0 Å². The first-order chi connectivity index (χ1) is 19.6. The summed E-state index contributed by atoms with van der Waals surface area (Å²) in [5, 5.41) is 2.11. The minimum Gasteiger partial charge on any atom is -0.354 e. The summed E-state index contributed by atoms with van der Waals surface area (Å²) in [5.41, 5.74) is -0.250. The van der Waals surface area contributed by atoms with E-state index in [0.29, 0.717) is 28.9 Å². The normalized spacial score (nSPS) is 12.5. The van der Waals surface area contributed by atoms with Gasteiger partial charge < -0.3 is 10.2 Å². The Bertz CT molecular complexity index is 1520. The van der Waals surface area contributed by atoms with E-state index in [1.165, 1.54) is 36.1 Å². The molecule has 3 aromatic carbocycles. The van der Waals surface area contributed by atoms with E-state index in [4.69, 9.17) is 11.6 Å². The van der Waals surface area contributed by atoms with Crippen LogP contribution in [0.5, 0.6) is 0 Å². The molecule has 42 heavy (non-hydrogen) atoms. The number of aryl methyl sites for hydroxylation is 1. The number of sulfonamides is 1. The average molecular weight is 689 g/mol. The highest BCUT2D eigenvalue weighted by Crippen LogP contribution is 2.38. The molecule has 13 heteroatoms. The number of hydrogen-bond acceptors (Lipinski definition) is 4. The number of halogens is 5. The molecule has 7 nitrogen and oxygen atoms in total. The quantitative estimate of drug-likeness (QED) is 0.247. The molecule has 0 aliphatic heterocycles. The SMILES string of the molecule is CCCNC(=O)C(C)N(Cc1ccc(Br)cc1)C(=O)CN(c1ccc(Cl)c(C(F)(F)F)c1)S(=O)(=O)c1ccc(C)cc1. The van der Waals surface area contributed by atoms with E-state index < -0.39 is 56.9 Å². The smallest absolute Gasteiger partial charge is 0.354 e. The number of amides is 2. The molecule has 0 saturated heterocycles. The van der Waals surface area contributed by atoms with Crippen molar-refractivity contribution in [3.05, 3.63) is 92.9 Å². The fourth-order valence-corrected chi connectivity index (χ4v) is 5.91. The predicted molar refractivity (Wildman–Crippen MR) is 160 cm³/mol. The number of carbonyl (C=O) groups excluding carboxylic acids is 2.